The van der Waals surface area contributed by atoms with E-state index in [9.17, 15) is 19.2 Å². The zero-order valence-electron chi connectivity index (χ0n) is 20.7. The van der Waals surface area contributed by atoms with Crippen LogP contribution in [0.1, 0.15) is 43.1 Å². The summed E-state index contributed by atoms with van der Waals surface area (Å²) in [7, 11) is 0. The Morgan fingerprint density at radius 3 is 2.74 bits per heavy atom. The lowest BCUT2D eigenvalue weighted by molar-refractivity contribution is -0.120. The van der Waals surface area contributed by atoms with Crippen LogP contribution in [0.4, 0.5) is 11.5 Å². The Balaban J connectivity index is 1.20. The van der Waals surface area contributed by atoms with Gasteiger partial charge < -0.3 is 15.5 Å². The van der Waals surface area contributed by atoms with Crippen molar-refractivity contribution in [1.82, 2.24) is 14.9 Å². The third-order valence-corrected chi connectivity index (χ3v) is 7.87. The van der Waals surface area contributed by atoms with Crippen molar-refractivity contribution in [3.63, 3.8) is 0 Å². The van der Waals surface area contributed by atoms with Gasteiger partial charge in [-0.25, -0.2) is 9.97 Å². The van der Waals surface area contributed by atoms with E-state index in [1.165, 1.54) is 16.2 Å². The molecule has 3 amide bonds. The first-order valence-corrected chi connectivity index (χ1v) is 13.3. The Morgan fingerprint density at radius 2 is 1.92 bits per heavy atom. The molecule has 3 heterocycles. The van der Waals surface area contributed by atoms with Crippen molar-refractivity contribution in [2.75, 3.05) is 17.2 Å². The summed E-state index contributed by atoms with van der Waals surface area (Å²) in [5, 5.41) is 7.42. The zero-order valence-corrected chi connectivity index (χ0v) is 21.5. The summed E-state index contributed by atoms with van der Waals surface area (Å²) in [4.78, 5) is 60.6. The van der Waals surface area contributed by atoms with Crippen molar-refractivity contribution >= 4 is 46.8 Å². The van der Waals surface area contributed by atoms with E-state index in [1.807, 2.05) is 24.3 Å². The highest BCUT2D eigenvalue weighted by atomic mass is 32.1. The molecule has 2 aromatic heterocycles. The molecule has 39 heavy (non-hydrogen) atoms. The minimum Gasteiger partial charge on any atom is -0.325 e. The number of pyridine rings is 1. The maximum atomic E-state index is 13.2. The monoisotopic (exact) mass is 537 g/mol. The number of carbonyl (C=O) groups is 4. The second-order valence-corrected chi connectivity index (χ2v) is 10.4. The number of aldehydes is 1. The predicted octanol–water partition coefficient (Wildman–Crippen LogP) is 3.62. The number of nitrogens with one attached hydrogen (secondary N) is 2. The topological polar surface area (TPSA) is 121 Å². The standard InChI is InChI=1S/C29H23N5O4S/c35-15-20-5-2-1-4-19(20)13-34(27(37)24-16-39-17-31-24)14-25(36)32-22-8-7-18-11-29(12-21(18)10-22)23-6-3-9-30-26(23)33-28(29)38/h1-10,15-17H,11-14H2,(H,32,36)(H,30,33,38). The van der Waals surface area contributed by atoms with Gasteiger partial charge >= 0.3 is 0 Å². The smallest absolute Gasteiger partial charge is 0.274 e. The average molecular weight is 538 g/mol. The van der Waals surface area contributed by atoms with E-state index in [-0.39, 0.29) is 30.6 Å². The van der Waals surface area contributed by atoms with Crippen LogP contribution in [0, 0.1) is 0 Å². The van der Waals surface area contributed by atoms with Gasteiger partial charge in [0.2, 0.25) is 11.8 Å². The van der Waals surface area contributed by atoms with Crippen LogP contribution in [0.3, 0.4) is 0 Å². The molecular formula is C29H23N5O4S. The molecule has 1 unspecified atom stereocenters. The summed E-state index contributed by atoms with van der Waals surface area (Å²) < 4.78 is 0. The molecule has 1 aliphatic carbocycles. The molecule has 1 aliphatic heterocycles. The molecule has 2 aliphatic rings. The quantitative estimate of drug-likeness (QED) is 0.348. The first kappa shape index (κ1) is 24.6. The number of benzene rings is 2. The number of anilines is 2. The van der Waals surface area contributed by atoms with Gasteiger partial charge in [-0.2, -0.15) is 0 Å². The van der Waals surface area contributed by atoms with Gasteiger partial charge in [0.05, 0.1) is 10.9 Å². The molecule has 2 N–H and O–H groups in total. The molecule has 4 aromatic rings. The third kappa shape index (κ3) is 4.48. The molecular weight excluding hydrogens is 514 g/mol. The Kier molecular flexibility index (Phi) is 6.24. The summed E-state index contributed by atoms with van der Waals surface area (Å²) in [6.45, 7) is -0.153. The van der Waals surface area contributed by atoms with E-state index in [2.05, 4.69) is 20.6 Å². The van der Waals surface area contributed by atoms with Crippen molar-refractivity contribution < 1.29 is 19.2 Å². The van der Waals surface area contributed by atoms with Crippen molar-refractivity contribution in [2.24, 2.45) is 0 Å². The van der Waals surface area contributed by atoms with E-state index >= 15 is 0 Å². The van der Waals surface area contributed by atoms with Crippen LogP contribution in [-0.2, 0) is 34.4 Å². The summed E-state index contributed by atoms with van der Waals surface area (Å²) in [5.74, 6) is -0.250. The Morgan fingerprint density at radius 1 is 1.08 bits per heavy atom. The molecule has 1 atom stereocenters. The van der Waals surface area contributed by atoms with Crippen LogP contribution < -0.4 is 10.6 Å². The largest absolute Gasteiger partial charge is 0.325 e. The molecule has 9 nitrogen and oxygen atoms in total. The fraction of sp³-hybridized carbons (Fsp3) is 0.172. The van der Waals surface area contributed by atoms with E-state index < -0.39 is 11.3 Å². The second-order valence-electron chi connectivity index (χ2n) is 9.67. The fourth-order valence-electron chi connectivity index (χ4n) is 5.40. The molecule has 194 valence electrons. The summed E-state index contributed by atoms with van der Waals surface area (Å²) in [6, 6.07) is 16.3. The highest BCUT2D eigenvalue weighted by Gasteiger charge is 2.51. The first-order valence-electron chi connectivity index (χ1n) is 12.4. The minimum atomic E-state index is -0.697. The molecule has 6 rings (SSSR count). The highest BCUT2D eigenvalue weighted by molar-refractivity contribution is 7.07. The molecule has 2 aromatic carbocycles. The molecule has 0 saturated heterocycles. The number of nitrogens with zero attached hydrogens (tertiary/aromatic N) is 3. The van der Waals surface area contributed by atoms with Crippen molar-refractivity contribution in [2.45, 2.75) is 24.8 Å². The molecule has 0 bridgehead atoms. The maximum Gasteiger partial charge on any atom is 0.274 e. The first-order chi connectivity index (χ1) is 19.0. The number of hydrogen-bond acceptors (Lipinski definition) is 7. The van der Waals surface area contributed by atoms with Crippen LogP contribution in [0.2, 0.25) is 0 Å². The Hall–Kier alpha value is -4.70. The van der Waals surface area contributed by atoms with Gasteiger partial charge in [-0.15, -0.1) is 11.3 Å². The van der Waals surface area contributed by atoms with Crippen LogP contribution >= 0.6 is 11.3 Å². The maximum absolute atomic E-state index is 13.2. The van der Waals surface area contributed by atoms with Crippen LogP contribution in [-0.4, -0.2) is 45.4 Å². The fourth-order valence-corrected chi connectivity index (χ4v) is 5.92. The Bertz CT molecular complexity index is 1620. The summed E-state index contributed by atoms with van der Waals surface area (Å²) in [6.07, 6.45) is 3.46. The lowest BCUT2D eigenvalue weighted by Crippen LogP contribution is -2.38. The van der Waals surface area contributed by atoms with Gasteiger partial charge in [0.15, 0.2) is 0 Å². The lowest BCUT2D eigenvalue weighted by Gasteiger charge is -2.22. The van der Waals surface area contributed by atoms with Crippen LogP contribution in [0.15, 0.2) is 71.7 Å². The molecule has 1 spiro atoms. The average Bonchev–Trinajstić information content (AvgIpc) is 3.67. The predicted molar refractivity (Wildman–Crippen MR) is 146 cm³/mol. The number of aromatic nitrogens is 2. The third-order valence-electron chi connectivity index (χ3n) is 7.28. The van der Waals surface area contributed by atoms with Gasteiger partial charge in [0, 0.05) is 34.9 Å². The number of amides is 3. The minimum absolute atomic E-state index is 0.0650. The van der Waals surface area contributed by atoms with Crippen LogP contribution in [0.5, 0.6) is 0 Å². The van der Waals surface area contributed by atoms with Crippen molar-refractivity contribution in [3.05, 3.63) is 105 Å². The van der Waals surface area contributed by atoms with Gasteiger partial charge in [0.25, 0.3) is 5.91 Å². The van der Waals surface area contributed by atoms with E-state index in [1.54, 1.807) is 47.4 Å². The number of fused-ring (bicyclic) bond motifs is 3. The number of rotatable bonds is 7. The zero-order chi connectivity index (χ0) is 27.0. The number of carbonyl (C=O) groups excluding carboxylic acids is 4. The van der Waals surface area contributed by atoms with E-state index in [0.29, 0.717) is 35.5 Å². The molecule has 0 saturated carbocycles. The van der Waals surface area contributed by atoms with Gasteiger partial charge in [-0.1, -0.05) is 36.4 Å². The molecule has 10 heteroatoms. The normalized spacial score (nSPS) is 16.9. The second kappa shape index (κ2) is 9.88. The van der Waals surface area contributed by atoms with E-state index in [4.69, 9.17) is 0 Å². The lowest BCUT2D eigenvalue weighted by atomic mass is 9.79. The van der Waals surface area contributed by atoms with Gasteiger partial charge in [-0.05, 0) is 47.7 Å². The highest BCUT2D eigenvalue weighted by Crippen LogP contribution is 2.46. The summed E-state index contributed by atoms with van der Waals surface area (Å²) in [5.41, 5.74) is 5.69. The van der Waals surface area contributed by atoms with Crippen molar-refractivity contribution in [3.8, 4) is 0 Å². The SMILES string of the molecule is O=Cc1ccccc1CN(CC(=O)Nc1ccc2c(c1)CC1(C2)C(=O)Nc2ncccc21)C(=O)c1cscn1. The number of hydrogen-bond donors (Lipinski definition) is 2. The Labute approximate surface area is 227 Å². The van der Waals surface area contributed by atoms with Gasteiger partial charge in [0.1, 0.15) is 24.3 Å². The molecule has 0 fully saturated rings. The van der Waals surface area contributed by atoms with Gasteiger partial charge in [-0.3, -0.25) is 19.2 Å². The van der Waals surface area contributed by atoms with Crippen molar-refractivity contribution in [1.29, 1.82) is 0 Å². The van der Waals surface area contributed by atoms with E-state index in [0.717, 1.165) is 23.0 Å². The van der Waals surface area contributed by atoms with Crippen LogP contribution in [0.25, 0.3) is 0 Å². The molecule has 0 radical (unpaired) electrons. The summed E-state index contributed by atoms with van der Waals surface area (Å²) >= 11 is 1.29. The number of thiazole rings is 1.